The zero-order valence-corrected chi connectivity index (χ0v) is 7.54. The monoisotopic (exact) mass is 159 g/mol. The third kappa shape index (κ3) is 2.43. The van der Waals surface area contributed by atoms with Crippen LogP contribution in [0.25, 0.3) is 0 Å². The van der Waals surface area contributed by atoms with Crippen molar-refractivity contribution in [2.75, 3.05) is 34.4 Å². The number of hydrogen-bond donors (Lipinski definition) is 0. The number of likely N-dealkylation sites (N-methyl/N-ethyl adjacent to an activating group) is 1. The van der Waals surface area contributed by atoms with Crippen molar-refractivity contribution in [3.8, 4) is 0 Å². The van der Waals surface area contributed by atoms with Crippen LogP contribution >= 0.6 is 0 Å². The predicted octanol–water partition coefficient (Wildman–Crippen LogP) is 0.352. The van der Waals surface area contributed by atoms with Crippen LogP contribution in [-0.4, -0.2) is 51.5 Å². The normalized spacial score (nSPS) is 34.1. The summed E-state index contributed by atoms with van der Waals surface area (Å²) in [4.78, 5) is 2.24. The van der Waals surface area contributed by atoms with Gasteiger partial charge in [-0.05, 0) is 7.05 Å². The standard InChI is InChI=1S/C8H17NO2/c1-9-5-7(10-2)4-8(6-9)11-3/h7-8H,4-6H2,1-3H3/t7-,8-/m1/s1. The highest BCUT2D eigenvalue weighted by Gasteiger charge is 2.24. The average molecular weight is 159 g/mol. The Labute approximate surface area is 68.3 Å². The molecule has 0 N–H and O–H groups in total. The first-order chi connectivity index (χ1) is 5.26. The van der Waals surface area contributed by atoms with Crippen LogP contribution in [0.4, 0.5) is 0 Å². The van der Waals surface area contributed by atoms with Crippen LogP contribution < -0.4 is 0 Å². The molecule has 3 heteroatoms. The number of rotatable bonds is 2. The van der Waals surface area contributed by atoms with E-state index >= 15 is 0 Å². The third-order valence-corrected chi connectivity index (χ3v) is 2.22. The van der Waals surface area contributed by atoms with E-state index in [4.69, 9.17) is 9.47 Å². The van der Waals surface area contributed by atoms with Gasteiger partial charge in [-0.1, -0.05) is 0 Å². The summed E-state index contributed by atoms with van der Waals surface area (Å²) in [6.07, 6.45) is 1.72. The zero-order chi connectivity index (χ0) is 8.27. The van der Waals surface area contributed by atoms with Gasteiger partial charge in [-0.25, -0.2) is 0 Å². The Kier molecular flexibility index (Phi) is 3.30. The number of ether oxygens (including phenoxy) is 2. The molecule has 1 rings (SSSR count). The van der Waals surface area contributed by atoms with Crippen LogP contribution in [0.3, 0.4) is 0 Å². The average Bonchev–Trinajstić information content (AvgIpc) is 2.03. The van der Waals surface area contributed by atoms with Crippen molar-refractivity contribution >= 4 is 0 Å². The van der Waals surface area contributed by atoms with Gasteiger partial charge in [0.15, 0.2) is 0 Å². The van der Waals surface area contributed by atoms with E-state index < -0.39 is 0 Å². The molecule has 11 heavy (non-hydrogen) atoms. The fourth-order valence-corrected chi connectivity index (χ4v) is 1.55. The maximum absolute atomic E-state index is 5.27. The maximum atomic E-state index is 5.27. The van der Waals surface area contributed by atoms with Gasteiger partial charge in [0.1, 0.15) is 0 Å². The fourth-order valence-electron chi connectivity index (χ4n) is 1.55. The third-order valence-electron chi connectivity index (χ3n) is 2.22. The van der Waals surface area contributed by atoms with E-state index in [2.05, 4.69) is 11.9 Å². The van der Waals surface area contributed by atoms with Crippen molar-refractivity contribution in [1.82, 2.24) is 4.90 Å². The lowest BCUT2D eigenvalue weighted by Crippen LogP contribution is -2.44. The van der Waals surface area contributed by atoms with Crippen LogP contribution in [-0.2, 0) is 9.47 Å². The predicted molar refractivity (Wildman–Crippen MR) is 43.7 cm³/mol. The van der Waals surface area contributed by atoms with E-state index in [-0.39, 0.29) is 0 Å². The molecule has 66 valence electrons. The summed E-state index contributed by atoms with van der Waals surface area (Å²) in [6, 6.07) is 0. The molecule has 0 unspecified atom stereocenters. The van der Waals surface area contributed by atoms with Crippen molar-refractivity contribution < 1.29 is 9.47 Å². The first kappa shape index (κ1) is 8.97. The molecule has 0 aromatic rings. The summed E-state index contributed by atoms with van der Waals surface area (Å²) in [5.74, 6) is 0. The summed E-state index contributed by atoms with van der Waals surface area (Å²) >= 11 is 0. The summed E-state index contributed by atoms with van der Waals surface area (Å²) in [7, 11) is 5.62. The molecule has 0 bridgehead atoms. The number of methoxy groups -OCH3 is 2. The topological polar surface area (TPSA) is 21.7 Å². The van der Waals surface area contributed by atoms with Gasteiger partial charge < -0.3 is 14.4 Å². The molecule has 1 saturated heterocycles. The van der Waals surface area contributed by atoms with Crippen LogP contribution in [0, 0.1) is 0 Å². The Morgan fingerprint density at radius 1 is 1.09 bits per heavy atom. The second kappa shape index (κ2) is 4.04. The lowest BCUT2D eigenvalue weighted by molar-refractivity contribution is -0.0378. The molecule has 3 nitrogen and oxygen atoms in total. The Balaban J connectivity index is 2.37. The molecule has 0 saturated carbocycles. The molecule has 0 radical (unpaired) electrons. The summed E-state index contributed by atoms with van der Waals surface area (Å²) < 4.78 is 10.5. The van der Waals surface area contributed by atoms with Gasteiger partial charge in [0.05, 0.1) is 12.2 Å². The SMILES string of the molecule is CO[C@@H]1C[C@@H](OC)CN(C)C1. The summed E-state index contributed by atoms with van der Waals surface area (Å²) in [6.45, 7) is 2.05. The molecular formula is C8H17NO2. The summed E-state index contributed by atoms with van der Waals surface area (Å²) in [5.41, 5.74) is 0. The van der Waals surface area contributed by atoms with Crippen molar-refractivity contribution in [1.29, 1.82) is 0 Å². The van der Waals surface area contributed by atoms with Gasteiger partial charge in [0.2, 0.25) is 0 Å². The van der Waals surface area contributed by atoms with E-state index in [0.717, 1.165) is 19.5 Å². The maximum Gasteiger partial charge on any atom is 0.0723 e. The molecule has 0 aromatic carbocycles. The van der Waals surface area contributed by atoms with Gasteiger partial charge in [0, 0.05) is 33.7 Å². The Hall–Kier alpha value is -0.120. The van der Waals surface area contributed by atoms with Gasteiger partial charge in [-0.15, -0.1) is 0 Å². The number of hydrogen-bond acceptors (Lipinski definition) is 3. The minimum atomic E-state index is 0.346. The number of piperidine rings is 1. The molecular weight excluding hydrogens is 142 g/mol. The fraction of sp³-hybridized carbons (Fsp3) is 1.00. The largest absolute Gasteiger partial charge is 0.380 e. The molecule has 2 atom stereocenters. The lowest BCUT2D eigenvalue weighted by atomic mass is 10.1. The second-order valence-corrected chi connectivity index (χ2v) is 3.17. The molecule has 0 aliphatic carbocycles. The molecule has 1 aliphatic heterocycles. The van der Waals surface area contributed by atoms with E-state index in [1.807, 2.05) is 0 Å². The lowest BCUT2D eigenvalue weighted by Gasteiger charge is -2.33. The number of nitrogens with zero attached hydrogens (tertiary/aromatic N) is 1. The first-order valence-electron chi connectivity index (χ1n) is 4.00. The zero-order valence-electron chi connectivity index (χ0n) is 7.54. The minimum Gasteiger partial charge on any atom is -0.380 e. The Morgan fingerprint density at radius 2 is 1.55 bits per heavy atom. The first-order valence-corrected chi connectivity index (χ1v) is 4.00. The van der Waals surface area contributed by atoms with Crippen LogP contribution in [0.2, 0.25) is 0 Å². The van der Waals surface area contributed by atoms with E-state index in [1.54, 1.807) is 14.2 Å². The van der Waals surface area contributed by atoms with Crippen LogP contribution in [0.5, 0.6) is 0 Å². The molecule has 1 aliphatic rings. The van der Waals surface area contributed by atoms with Crippen molar-refractivity contribution in [3.63, 3.8) is 0 Å². The van der Waals surface area contributed by atoms with Crippen LogP contribution in [0.15, 0.2) is 0 Å². The molecule has 0 spiro atoms. The van der Waals surface area contributed by atoms with E-state index in [0.29, 0.717) is 12.2 Å². The molecule has 1 fully saturated rings. The van der Waals surface area contributed by atoms with Gasteiger partial charge >= 0.3 is 0 Å². The van der Waals surface area contributed by atoms with Gasteiger partial charge in [0.25, 0.3) is 0 Å². The second-order valence-electron chi connectivity index (χ2n) is 3.17. The van der Waals surface area contributed by atoms with Gasteiger partial charge in [-0.3, -0.25) is 0 Å². The minimum absolute atomic E-state index is 0.346. The Morgan fingerprint density at radius 3 is 1.91 bits per heavy atom. The van der Waals surface area contributed by atoms with E-state index in [1.165, 1.54) is 0 Å². The quantitative estimate of drug-likeness (QED) is 0.580. The highest BCUT2D eigenvalue weighted by Crippen LogP contribution is 2.13. The number of likely N-dealkylation sites (tertiary alicyclic amines) is 1. The Bertz CT molecular complexity index is 107. The van der Waals surface area contributed by atoms with E-state index in [9.17, 15) is 0 Å². The van der Waals surface area contributed by atoms with Crippen molar-refractivity contribution in [2.45, 2.75) is 18.6 Å². The molecule has 0 amide bonds. The summed E-state index contributed by atoms with van der Waals surface area (Å²) in [5, 5.41) is 0. The highest BCUT2D eigenvalue weighted by atomic mass is 16.5. The highest BCUT2D eigenvalue weighted by molar-refractivity contribution is 4.77. The molecule has 1 heterocycles. The van der Waals surface area contributed by atoms with Gasteiger partial charge in [-0.2, -0.15) is 0 Å². The van der Waals surface area contributed by atoms with Crippen molar-refractivity contribution in [2.24, 2.45) is 0 Å². The van der Waals surface area contributed by atoms with Crippen molar-refractivity contribution in [3.05, 3.63) is 0 Å². The molecule has 0 aromatic heterocycles. The van der Waals surface area contributed by atoms with Crippen LogP contribution in [0.1, 0.15) is 6.42 Å². The smallest absolute Gasteiger partial charge is 0.0723 e.